The maximum absolute atomic E-state index is 11.1. The van der Waals surface area contributed by atoms with Gasteiger partial charge in [-0.05, 0) is 23.2 Å². The van der Waals surface area contributed by atoms with Crippen LogP contribution in [-0.4, -0.2) is 70.8 Å². The molecule has 2 atom stereocenters. The van der Waals surface area contributed by atoms with Gasteiger partial charge in [0, 0.05) is 14.1 Å². The van der Waals surface area contributed by atoms with Crippen LogP contribution >= 0.6 is 9.24 Å². The fourth-order valence-electron chi connectivity index (χ4n) is 0.462. The van der Waals surface area contributed by atoms with E-state index in [0.717, 1.165) is 0 Å². The molecular weight excluding hydrogens is 388 g/mol. The van der Waals surface area contributed by atoms with E-state index < -0.39 is 21.7 Å². The standard InChI is InChI=1S/C5H9NO2.C3H8NOP.C2H3F3O3S.C2H6/c1-4(8)5(3-7)6-2;1-4(2)3(5)6;1-8-9(6,7)2(3,4)5;1-2/h3,5-6H,1-2H3;6H2,1-2H3;1H3;1-2H3. The van der Waals surface area contributed by atoms with Crippen molar-refractivity contribution in [2.75, 3.05) is 28.3 Å². The van der Waals surface area contributed by atoms with Crippen molar-refractivity contribution in [3.05, 3.63) is 0 Å². The highest BCUT2D eigenvalue weighted by atomic mass is 32.2. The number of alkyl halides is 3. The Balaban J connectivity index is -0.000000128. The van der Waals surface area contributed by atoms with E-state index in [-0.39, 0.29) is 11.4 Å². The average molecular weight is 414 g/mol. The predicted octanol–water partition coefficient (Wildman–Crippen LogP) is 1.41. The van der Waals surface area contributed by atoms with Crippen LogP contribution in [0.2, 0.25) is 0 Å². The van der Waals surface area contributed by atoms with Crippen LogP contribution in [0.5, 0.6) is 0 Å². The van der Waals surface area contributed by atoms with Crippen LogP contribution in [0.25, 0.3) is 0 Å². The van der Waals surface area contributed by atoms with E-state index in [1.165, 1.54) is 11.8 Å². The Kier molecular flexibility index (Phi) is 20.7. The molecule has 2 unspecified atom stereocenters. The third-order valence-corrected chi connectivity index (χ3v) is 3.35. The van der Waals surface area contributed by atoms with Gasteiger partial charge in [0.05, 0.1) is 7.11 Å². The number of hydrogen-bond donors (Lipinski definition) is 1. The first kappa shape index (κ1) is 31.6. The highest BCUT2D eigenvalue weighted by Crippen LogP contribution is 2.23. The molecule has 0 radical (unpaired) electrons. The Hall–Kier alpha value is -1.10. The molecule has 0 heterocycles. The van der Waals surface area contributed by atoms with E-state index >= 15 is 0 Å². The summed E-state index contributed by atoms with van der Waals surface area (Å²) in [6.07, 6.45) is 0.586. The van der Waals surface area contributed by atoms with Crippen LogP contribution in [0.3, 0.4) is 0 Å². The quantitative estimate of drug-likeness (QED) is 0.244. The van der Waals surface area contributed by atoms with Gasteiger partial charge in [-0.3, -0.25) is 13.8 Å². The molecule has 0 aromatic rings. The number of nitrogens with one attached hydrogen (secondary N) is 1. The van der Waals surface area contributed by atoms with Crippen molar-refractivity contribution < 1.29 is 40.2 Å². The minimum absolute atomic E-state index is 0.00926. The second-order valence-electron chi connectivity index (χ2n) is 3.81. The van der Waals surface area contributed by atoms with Crippen molar-refractivity contribution >= 4 is 37.1 Å². The minimum atomic E-state index is -5.34. The molecule has 1 amide bonds. The van der Waals surface area contributed by atoms with Crippen LogP contribution in [-0.2, 0) is 23.9 Å². The lowest BCUT2D eigenvalue weighted by Crippen LogP contribution is -2.33. The van der Waals surface area contributed by atoms with Crippen LogP contribution in [0.15, 0.2) is 0 Å². The topological polar surface area (TPSA) is 110 Å². The first-order valence-electron chi connectivity index (χ1n) is 6.64. The molecule has 8 nitrogen and oxygen atoms in total. The third kappa shape index (κ3) is 19.1. The number of carbonyl (C=O) groups excluding carboxylic acids is 3. The van der Waals surface area contributed by atoms with Gasteiger partial charge >= 0.3 is 15.6 Å². The average Bonchev–Trinajstić information content (AvgIpc) is 2.50. The Morgan fingerprint density at radius 2 is 1.56 bits per heavy atom. The summed E-state index contributed by atoms with van der Waals surface area (Å²) < 4.78 is 55.9. The van der Waals surface area contributed by atoms with E-state index in [2.05, 4.69) is 18.7 Å². The van der Waals surface area contributed by atoms with Crippen LogP contribution in [0.1, 0.15) is 20.8 Å². The van der Waals surface area contributed by atoms with Crippen LogP contribution < -0.4 is 5.32 Å². The molecule has 0 aromatic heterocycles. The van der Waals surface area contributed by atoms with Gasteiger partial charge in [0.1, 0.15) is 12.3 Å². The molecule has 0 saturated heterocycles. The van der Waals surface area contributed by atoms with Gasteiger partial charge in [-0.2, -0.15) is 21.6 Å². The van der Waals surface area contributed by atoms with Gasteiger partial charge < -0.3 is 15.0 Å². The van der Waals surface area contributed by atoms with Crippen molar-refractivity contribution in [1.29, 1.82) is 0 Å². The zero-order valence-electron chi connectivity index (χ0n) is 15.2. The van der Waals surface area contributed by atoms with Crippen molar-refractivity contribution in [3.8, 4) is 0 Å². The second-order valence-corrected chi connectivity index (χ2v) is 6.01. The Bertz CT molecular complexity index is 484. The number of nitrogens with zero attached hydrogens (tertiary/aromatic N) is 1. The molecule has 0 saturated carbocycles. The van der Waals surface area contributed by atoms with E-state index in [9.17, 15) is 36.0 Å². The molecule has 0 fully saturated rings. The summed E-state index contributed by atoms with van der Waals surface area (Å²) in [5.41, 5.74) is -5.29. The number of halogens is 3. The summed E-state index contributed by atoms with van der Waals surface area (Å²) >= 11 is 0. The molecule has 152 valence electrons. The first-order valence-corrected chi connectivity index (χ1v) is 8.63. The predicted molar refractivity (Wildman–Crippen MR) is 91.7 cm³/mol. The molecular formula is C12H26F3N2O6PS. The molecule has 0 aliphatic rings. The summed E-state index contributed by atoms with van der Waals surface area (Å²) in [5.74, 6) is -0.150. The number of amides is 1. The van der Waals surface area contributed by atoms with Gasteiger partial charge in [0.15, 0.2) is 5.78 Å². The molecule has 25 heavy (non-hydrogen) atoms. The number of Topliss-reactive ketones (excluding diaryl/α,β-unsaturated/α-hetero) is 1. The summed E-state index contributed by atoms with van der Waals surface area (Å²) in [6.45, 7) is 5.37. The molecule has 0 spiro atoms. The normalized spacial score (nSPS) is 11.2. The molecule has 0 aliphatic carbocycles. The lowest BCUT2D eigenvalue weighted by Gasteiger charge is -2.02. The maximum atomic E-state index is 11.1. The van der Waals surface area contributed by atoms with E-state index in [1.54, 1.807) is 21.1 Å². The number of carbonyl (C=O) groups is 3. The summed E-state index contributed by atoms with van der Waals surface area (Å²) in [5, 5.41) is 2.53. The first-order chi connectivity index (χ1) is 11.2. The monoisotopic (exact) mass is 414 g/mol. The third-order valence-electron chi connectivity index (χ3n) is 1.83. The SMILES string of the molecule is CC.CN(C)C(=O)P.CNC(C=O)C(C)=O.COS(=O)(=O)C(F)(F)F. The van der Waals surface area contributed by atoms with Crippen molar-refractivity contribution in [2.24, 2.45) is 0 Å². The van der Waals surface area contributed by atoms with E-state index in [0.29, 0.717) is 13.4 Å². The number of aldehydes is 1. The molecule has 0 bridgehead atoms. The zero-order chi connectivity index (χ0) is 21.4. The van der Waals surface area contributed by atoms with Gasteiger partial charge in [-0.25, -0.2) is 0 Å². The lowest BCUT2D eigenvalue weighted by atomic mass is 10.2. The zero-order valence-corrected chi connectivity index (χ0v) is 17.1. The molecule has 0 rings (SSSR count). The van der Waals surface area contributed by atoms with Gasteiger partial charge in [-0.15, -0.1) is 0 Å². The highest BCUT2D eigenvalue weighted by molar-refractivity contribution is 7.87. The Labute approximate surface area is 148 Å². The molecule has 1 N–H and O–H groups in total. The number of hydrogen-bond acceptors (Lipinski definition) is 7. The smallest absolute Gasteiger partial charge is 0.346 e. The van der Waals surface area contributed by atoms with Crippen LogP contribution in [0, 0.1) is 0 Å². The fraction of sp³-hybridized carbons (Fsp3) is 0.750. The Morgan fingerprint density at radius 3 is 1.56 bits per heavy atom. The number of ketones is 1. The van der Waals surface area contributed by atoms with Crippen LogP contribution in [0.4, 0.5) is 18.0 Å². The molecule has 13 heteroatoms. The highest BCUT2D eigenvalue weighted by Gasteiger charge is 2.46. The van der Waals surface area contributed by atoms with Crippen molar-refractivity contribution in [2.45, 2.75) is 32.3 Å². The molecule has 0 aliphatic heterocycles. The van der Waals surface area contributed by atoms with Gasteiger partial charge in [0.25, 0.3) is 0 Å². The summed E-state index contributed by atoms with van der Waals surface area (Å²) in [6, 6.07) is -0.616. The number of rotatable bonds is 4. The minimum Gasteiger partial charge on any atom is -0.346 e. The van der Waals surface area contributed by atoms with Crippen molar-refractivity contribution in [3.63, 3.8) is 0 Å². The molecule has 0 aromatic carbocycles. The fourth-order valence-corrected chi connectivity index (χ4v) is 0.651. The van der Waals surface area contributed by atoms with Gasteiger partial charge in [-0.1, -0.05) is 13.8 Å². The van der Waals surface area contributed by atoms with E-state index in [1.807, 2.05) is 13.8 Å². The summed E-state index contributed by atoms with van der Waals surface area (Å²) in [4.78, 5) is 31.7. The second kappa shape index (κ2) is 16.4. The van der Waals surface area contributed by atoms with E-state index in [4.69, 9.17) is 0 Å². The maximum Gasteiger partial charge on any atom is 0.523 e. The Morgan fingerprint density at radius 1 is 1.24 bits per heavy atom. The van der Waals surface area contributed by atoms with Crippen molar-refractivity contribution in [1.82, 2.24) is 10.2 Å². The largest absolute Gasteiger partial charge is 0.523 e. The summed E-state index contributed by atoms with van der Waals surface area (Å²) in [7, 11) is 2.15. The lowest BCUT2D eigenvalue weighted by molar-refractivity contribution is -0.123. The number of likely N-dealkylation sites (N-methyl/N-ethyl adjacent to an activating group) is 1. The van der Waals surface area contributed by atoms with Gasteiger partial charge in [0.2, 0.25) is 5.65 Å².